The second kappa shape index (κ2) is 12.4. The Labute approximate surface area is 119 Å². The van der Waals surface area contributed by atoms with Gasteiger partial charge in [-0.15, -0.1) is 0 Å². The maximum absolute atomic E-state index is 9.72. The van der Waals surface area contributed by atoms with E-state index in [0.717, 1.165) is 12.8 Å². The van der Waals surface area contributed by atoms with Gasteiger partial charge in [0.1, 0.15) is 11.7 Å². The van der Waals surface area contributed by atoms with Crippen molar-refractivity contribution in [3.8, 4) is 12.0 Å². The summed E-state index contributed by atoms with van der Waals surface area (Å²) in [4.78, 5) is 0. The highest BCUT2D eigenvalue weighted by molar-refractivity contribution is 5.06. The van der Waals surface area contributed by atoms with Crippen LogP contribution in [-0.2, 0) is 0 Å². The molecule has 0 saturated heterocycles. The highest BCUT2D eigenvalue weighted by atomic mass is 16.3. The van der Waals surface area contributed by atoms with Crippen molar-refractivity contribution in [2.24, 2.45) is 0 Å². The quantitative estimate of drug-likeness (QED) is 0.395. The van der Waals surface area contributed by atoms with Crippen molar-refractivity contribution < 1.29 is 10.2 Å². The van der Waals surface area contributed by atoms with Crippen LogP contribution in [0, 0.1) is 12.0 Å². The molecule has 112 valence electrons. The first-order valence-corrected chi connectivity index (χ1v) is 8.01. The Morgan fingerprint density at radius 2 is 1.21 bits per heavy atom. The first-order chi connectivity index (χ1) is 9.12. The van der Waals surface area contributed by atoms with Gasteiger partial charge >= 0.3 is 0 Å². The van der Waals surface area contributed by atoms with Gasteiger partial charge in [-0.3, -0.25) is 0 Å². The second-order valence-corrected chi connectivity index (χ2v) is 5.80. The van der Waals surface area contributed by atoms with Crippen molar-refractivity contribution in [3.63, 3.8) is 0 Å². The van der Waals surface area contributed by atoms with Crippen molar-refractivity contribution in [3.05, 3.63) is 0 Å². The summed E-state index contributed by atoms with van der Waals surface area (Å²) < 4.78 is 0. The minimum Gasteiger partial charge on any atom is -0.462 e. The van der Waals surface area contributed by atoms with E-state index < -0.39 is 5.60 Å². The van der Waals surface area contributed by atoms with Crippen LogP contribution in [0.3, 0.4) is 0 Å². The summed E-state index contributed by atoms with van der Waals surface area (Å²) in [6.07, 6.45) is 16.8. The van der Waals surface area contributed by atoms with Crippen LogP contribution in [0.15, 0.2) is 0 Å². The monoisotopic (exact) mass is 268 g/mol. The van der Waals surface area contributed by atoms with Crippen molar-refractivity contribution >= 4 is 0 Å². The molecule has 0 heterocycles. The lowest BCUT2D eigenvalue weighted by atomic mass is 9.98. The van der Waals surface area contributed by atoms with E-state index in [0.29, 0.717) is 6.42 Å². The van der Waals surface area contributed by atoms with Crippen molar-refractivity contribution in [1.82, 2.24) is 0 Å². The SMILES string of the molecule is CCCCCCCCCCCCCC(C)(O)C#CO. The van der Waals surface area contributed by atoms with Crippen LogP contribution in [-0.4, -0.2) is 15.8 Å². The average Bonchev–Trinajstić information content (AvgIpc) is 2.36. The van der Waals surface area contributed by atoms with E-state index in [1.807, 2.05) is 0 Å². The number of rotatable bonds is 12. The van der Waals surface area contributed by atoms with Crippen LogP contribution in [0.1, 0.15) is 90.9 Å². The van der Waals surface area contributed by atoms with E-state index in [2.05, 4.69) is 12.8 Å². The lowest BCUT2D eigenvalue weighted by Crippen LogP contribution is -2.21. The first-order valence-electron chi connectivity index (χ1n) is 8.01. The van der Waals surface area contributed by atoms with Gasteiger partial charge in [-0.2, -0.15) is 0 Å². The predicted octanol–water partition coefficient (Wildman–Crippen LogP) is 4.77. The molecule has 2 N–H and O–H groups in total. The van der Waals surface area contributed by atoms with Crippen LogP contribution < -0.4 is 0 Å². The lowest BCUT2D eigenvalue weighted by molar-refractivity contribution is 0.108. The van der Waals surface area contributed by atoms with Gasteiger partial charge in [0.15, 0.2) is 0 Å². The van der Waals surface area contributed by atoms with Crippen LogP contribution in [0.2, 0.25) is 0 Å². The molecule has 1 atom stereocenters. The number of aliphatic hydroxyl groups is 2. The third-order valence-electron chi connectivity index (χ3n) is 3.59. The van der Waals surface area contributed by atoms with E-state index >= 15 is 0 Å². The van der Waals surface area contributed by atoms with Gasteiger partial charge in [-0.25, -0.2) is 0 Å². The average molecular weight is 268 g/mol. The molecule has 0 aromatic heterocycles. The molecule has 0 aliphatic carbocycles. The van der Waals surface area contributed by atoms with Gasteiger partial charge in [0, 0.05) is 0 Å². The summed E-state index contributed by atoms with van der Waals surface area (Å²) in [6.45, 7) is 3.91. The molecule has 0 aliphatic rings. The molecule has 0 aliphatic heterocycles. The summed E-state index contributed by atoms with van der Waals surface area (Å²) in [7, 11) is 0. The maximum Gasteiger partial charge on any atom is 0.126 e. The second-order valence-electron chi connectivity index (χ2n) is 5.80. The Balaban J connectivity index is 3.20. The van der Waals surface area contributed by atoms with Crippen LogP contribution >= 0.6 is 0 Å². The zero-order chi connectivity index (χ0) is 14.4. The van der Waals surface area contributed by atoms with E-state index in [-0.39, 0.29) is 0 Å². The molecule has 2 heteroatoms. The normalized spacial score (nSPS) is 13.6. The highest BCUT2D eigenvalue weighted by Crippen LogP contribution is 2.16. The molecule has 0 amide bonds. The molecule has 0 bridgehead atoms. The molecule has 2 nitrogen and oxygen atoms in total. The molecule has 0 aromatic carbocycles. The predicted molar refractivity (Wildman–Crippen MR) is 81.4 cm³/mol. The Kier molecular flexibility index (Phi) is 11.9. The fourth-order valence-electron chi connectivity index (χ4n) is 2.32. The topological polar surface area (TPSA) is 40.5 Å². The Hall–Kier alpha value is -0.680. The summed E-state index contributed by atoms with van der Waals surface area (Å²) in [5.41, 5.74) is -1.02. The number of hydrogen-bond donors (Lipinski definition) is 2. The first kappa shape index (κ1) is 18.3. The van der Waals surface area contributed by atoms with Gasteiger partial charge in [0.05, 0.1) is 0 Å². The van der Waals surface area contributed by atoms with Gasteiger partial charge < -0.3 is 10.2 Å². The Morgan fingerprint density at radius 1 is 0.789 bits per heavy atom. The van der Waals surface area contributed by atoms with Crippen molar-refractivity contribution in [1.29, 1.82) is 0 Å². The lowest BCUT2D eigenvalue weighted by Gasteiger charge is -2.15. The molecule has 0 spiro atoms. The van der Waals surface area contributed by atoms with Crippen LogP contribution in [0.4, 0.5) is 0 Å². The van der Waals surface area contributed by atoms with E-state index in [1.165, 1.54) is 57.8 Å². The van der Waals surface area contributed by atoms with Gasteiger partial charge in [0.2, 0.25) is 0 Å². The highest BCUT2D eigenvalue weighted by Gasteiger charge is 2.15. The third-order valence-corrected chi connectivity index (χ3v) is 3.59. The molecule has 1 unspecified atom stereocenters. The maximum atomic E-state index is 9.72. The van der Waals surface area contributed by atoms with E-state index in [4.69, 9.17) is 5.11 Å². The minimum atomic E-state index is -1.02. The van der Waals surface area contributed by atoms with Crippen LogP contribution in [0.5, 0.6) is 0 Å². The van der Waals surface area contributed by atoms with Gasteiger partial charge in [0.25, 0.3) is 0 Å². The van der Waals surface area contributed by atoms with Crippen molar-refractivity contribution in [2.75, 3.05) is 0 Å². The van der Waals surface area contributed by atoms with E-state index in [9.17, 15) is 5.11 Å². The summed E-state index contributed by atoms with van der Waals surface area (Å²) >= 11 is 0. The fourth-order valence-corrected chi connectivity index (χ4v) is 2.32. The van der Waals surface area contributed by atoms with Gasteiger partial charge in [-0.05, 0) is 25.7 Å². The largest absolute Gasteiger partial charge is 0.462 e. The minimum absolute atomic E-state index is 0.650. The molecule has 0 aromatic rings. The molecular weight excluding hydrogens is 236 g/mol. The molecular formula is C17H32O2. The summed E-state index contributed by atoms with van der Waals surface area (Å²) in [5, 5.41) is 18.2. The van der Waals surface area contributed by atoms with Crippen LogP contribution in [0.25, 0.3) is 0 Å². The Morgan fingerprint density at radius 3 is 1.63 bits per heavy atom. The molecule has 0 radical (unpaired) electrons. The smallest absolute Gasteiger partial charge is 0.126 e. The molecule has 0 saturated carbocycles. The number of hydrogen-bond acceptors (Lipinski definition) is 2. The number of aliphatic hydroxyl groups excluding tert-OH is 1. The standard InChI is InChI=1S/C17H32O2/c1-3-4-5-6-7-8-9-10-11-12-13-14-17(2,19)15-16-18/h18-19H,3-14H2,1-2H3. The molecule has 0 fully saturated rings. The molecule has 0 rings (SSSR count). The Bertz CT molecular complexity index is 248. The van der Waals surface area contributed by atoms with E-state index in [1.54, 1.807) is 13.0 Å². The van der Waals surface area contributed by atoms with Gasteiger partial charge in [-0.1, -0.05) is 71.1 Å². The fraction of sp³-hybridized carbons (Fsp3) is 0.882. The molecule has 19 heavy (non-hydrogen) atoms. The zero-order valence-electron chi connectivity index (χ0n) is 12.9. The summed E-state index contributed by atoms with van der Waals surface area (Å²) in [5.74, 6) is 2.42. The third kappa shape index (κ3) is 13.6. The number of unbranched alkanes of at least 4 members (excludes halogenated alkanes) is 10. The van der Waals surface area contributed by atoms with Crippen molar-refractivity contribution in [2.45, 2.75) is 96.5 Å². The summed E-state index contributed by atoms with van der Waals surface area (Å²) in [6, 6.07) is 0. The zero-order valence-corrected chi connectivity index (χ0v) is 12.9.